The summed E-state index contributed by atoms with van der Waals surface area (Å²) in [6.07, 6.45) is 1.81. The first-order valence-electron chi connectivity index (χ1n) is 6.10. The molecule has 5 heteroatoms. The summed E-state index contributed by atoms with van der Waals surface area (Å²) in [6.45, 7) is 8.35. The van der Waals surface area contributed by atoms with E-state index in [1.165, 1.54) is 0 Å². The van der Waals surface area contributed by atoms with Gasteiger partial charge < -0.3 is 14.8 Å². The van der Waals surface area contributed by atoms with E-state index in [1.54, 1.807) is 6.20 Å². The Labute approximate surface area is 116 Å². The average molecular weight is 315 g/mol. The van der Waals surface area contributed by atoms with Crippen LogP contribution in [0.15, 0.2) is 16.7 Å². The molecule has 1 unspecified atom stereocenters. The van der Waals surface area contributed by atoms with Crippen molar-refractivity contribution in [1.29, 1.82) is 0 Å². The monoisotopic (exact) mass is 314 g/mol. The molecule has 0 saturated carbocycles. The normalized spacial score (nSPS) is 22.8. The first-order valence-corrected chi connectivity index (χ1v) is 6.89. The summed E-state index contributed by atoms with van der Waals surface area (Å²) in [5.41, 5.74) is 0.890. The third-order valence-corrected chi connectivity index (χ3v) is 3.24. The maximum absolute atomic E-state index is 5.93. The molecule has 1 saturated heterocycles. The van der Waals surface area contributed by atoms with E-state index in [1.807, 2.05) is 13.0 Å². The van der Waals surface area contributed by atoms with Gasteiger partial charge in [0.1, 0.15) is 12.7 Å². The molecule has 1 aromatic rings. The highest BCUT2D eigenvalue weighted by molar-refractivity contribution is 9.10. The van der Waals surface area contributed by atoms with Crippen molar-refractivity contribution in [2.45, 2.75) is 32.5 Å². The first kappa shape index (κ1) is 13.8. The molecule has 1 aliphatic rings. The van der Waals surface area contributed by atoms with E-state index < -0.39 is 0 Å². The highest BCUT2D eigenvalue weighted by atomic mass is 79.9. The smallest absolute Gasteiger partial charge is 0.216 e. The minimum atomic E-state index is -0.130. The maximum Gasteiger partial charge on any atom is 0.216 e. The number of halogens is 1. The molecule has 2 heterocycles. The second kappa shape index (κ2) is 5.55. The van der Waals surface area contributed by atoms with Gasteiger partial charge in [-0.15, -0.1) is 0 Å². The summed E-state index contributed by atoms with van der Waals surface area (Å²) in [5.74, 6) is 0.671. The van der Waals surface area contributed by atoms with Crippen LogP contribution in [0, 0.1) is 6.92 Å². The van der Waals surface area contributed by atoms with E-state index in [0.29, 0.717) is 12.5 Å². The van der Waals surface area contributed by atoms with Crippen molar-refractivity contribution in [1.82, 2.24) is 10.3 Å². The zero-order valence-corrected chi connectivity index (χ0v) is 12.6. The van der Waals surface area contributed by atoms with Gasteiger partial charge in [0.2, 0.25) is 5.88 Å². The summed E-state index contributed by atoms with van der Waals surface area (Å²) in [7, 11) is 0. The lowest BCUT2D eigenvalue weighted by atomic mass is 10.1. The topological polar surface area (TPSA) is 43.4 Å². The molecule has 0 amide bonds. The molecule has 1 N–H and O–H groups in total. The van der Waals surface area contributed by atoms with Gasteiger partial charge in [-0.25, -0.2) is 4.98 Å². The van der Waals surface area contributed by atoms with Gasteiger partial charge in [0.05, 0.1) is 5.60 Å². The molecule has 1 atom stereocenters. The van der Waals surface area contributed by atoms with Crippen LogP contribution < -0.4 is 10.1 Å². The molecule has 1 fully saturated rings. The molecule has 0 spiro atoms. The van der Waals surface area contributed by atoms with Crippen LogP contribution in [0.3, 0.4) is 0 Å². The predicted molar refractivity (Wildman–Crippen MR) is 74.0 cm³/mol. The maximum atomic E-state index is 5.93. The highest BCUT2D eigenvalue weighted by Crippen LogP contribution is 2.20. The van der Waals surface area contributed by atoms with Crippen molar-refractivity contribution in [3.63, 3.8) is 0 Å². The number of aryl methyl sites for hydroxylation is 1. The SMILES string of the molecule is Cc1cc(Br)cnc1OCC1CNCC(C)(C)O1. The van der Waals surface area contributed by atoms with Crippen LogP contribution in [0.1, 0.15) is 19.4 Å². The molecule has 18 heavy (non-hydrogen) atoms. The highest BCUT2D eigenvalue weighted by Gasteiger charge is 2.28. The molecule has 0 radical (unpaired) electrons. The van der Waals surface area contributed by atoms with Crippen molar-refractivity contribution in [2.24, 2.45) is 0 Å². The van der Waals surface area contributed by atoms with Crippen LogP contribution >= 0.6 is 15.9 Å². The molecular formula is C13H19BrN2O2. The zero-order valence-electron chi connectivity index (χ0n) is 11.0. The van der Waals surface area contributed by atoms with Crippen molar-refractivity contribution in [3.8, 4) is 5.88 Å². The minimum absolute atomic E-state index is 0.0681. The number of nitrogens with zero attached hydrogens (tertiary/aromatic N) is 1. The summed E-state index contributed by atoms with van der Waals surface area (Å²) in [5, 5.41) is 3.35. The number of rotatable bonds is 3. The molecule has 1 aliphatic heterocycles. The van der Waals surface area contributed by atoms with E-state index in [2.05, 4.69) is 40.1 Å². The Balaban J connectivity index is 1.91. The van der Waals surface area contributed by atoms with E-state index >= 15 is 0 Å². The molecule has 0 aromatic carbocycles. The van der Waals surface area contributed by atoms with Crippen molar-refractivity contribution in [2.75, 3.05) is 19.7 Å². The summed E-state index contributed by atoms with van der Waals surface area (Å²) in [4.78, 5) is 4.25. The van der Waals surface area contributed by atoms with Gasteiger partial charge in [-0.1, -0.05) is 0 Å². The second-order valence-corrected chi connectivity index (χ2v) is 6.13. The van der Waals surface area contributed by atoms with E-state index in [0.717, 1.165) is 23.1 Å². The van der Waals surface area contributed by atoms with Crippen LogP contribution in [0.2, 0.25) is 0 Å². The Hall–Kier alpha value is -0.650. The molecule has 1 aromatic heterocycles. The Morgan fingerprint density at radius 2 is 2.39 bits per heavy atom. The van der Waals surface area contributed by atoms with Gasteiger partial charge in [-0.2, -0.15) is 0 Å². The molecular weight excluding hydrogens is 296 g/mol. The van der Waals surface area contributed by atoms with Crippen LogP contribution in [-0.2, 0) is 4.74 Å². The number of nitrogens with one attached hydrogen (secondary N) is 1. The van der Waals surface area contributed by atoms with Crippen LogP contribution in [0.4, 0.5) is 0 Å². The third-order valence-electron chi connectivity index (χ3n) is 2.81. The number of hydrogen-bond donors (Lipinski definition) is 1. The summed E-state index contributed by atoms with van der Waals surface area (Å²) < 4.78 is 12.6. The fourth-order valence-corrected chi connectivity index (χ4v) is 2.46. The van der Waals surface area contributed by atoms with Crippen molar-refractivity contribution in [3.05, 3.63) is 22.3 Å². The Kier molecular flexibility index (Phi) is 4.25. The lowest BCUT2D eigenvalue weighted by molar-refractivity contribution is -0.107. The van der Waals surface area contributed by atoms with Gasteiger partial charge in [-0.05, 0) is 42.8 Å². The second-order valence-electron chi connectivity index (χ2n) is 5.22. The van der Waals surface area contributed by atoms with Crippen molar-refractivity contribution >= 4 is 15.9 Å². The number of aromatic nitrogens is 1. The molecule has 0 aliphatic carbocycles. The Bertz CT molecular complexity index is 423. The standard InChI is InChI=1S/C13H19BrN2O2/c1-9-4-10(14)5-16-12(9)17-7-11-6-15-8-13(2,3)18-11/h4-5,11,15H,6-8H2,1-3H3. The van der Waals surface area contributed by atoms with Gasteiger partial charge in [0.15, 0.2) is 0 Å². The van der Waals surface area contributed by atoms with Crippen LogP contribution in [0.5, 0.6) is 5.88 Å². The molecule has 0 bridgehead atoms. The van der Waals surface area contributed by atoms with Gasteiger partial charge in [0, 0.05) is 29.3 Å². The quantitative estimate of drug-likeness (QED) is 0.929. The Morgan fingerprint density at radius 3 is 3.06 bits per heavy atom. The fourth-order valence-electron chi connectivity index (χ4n) is 2.01. The lowest BCUT2D eigenvalue weighted by Crippen LogP contribution is -2.52. The minimum Gasteiger partial charge on any atom is -0.475 e. The average Bonchev–Trinajstić information content (AvgIpc) is 2.26. The zero-order chi connectivity index (χ0) is 13.2. The Morgan fingerprint density at radius 1 is 1.61 bits per heavy atom. The number of ether oxygens (including phenoxy) is 2. The van der Waals surface area contributed by atoms with Crippen LogP contribution in [-0.4, -0.2) is 36.4 Å². The van der Waals surface area contributed by atoms with E-state index in [-0.39, 0.29) is 11.7 Å². The van der Waals surface area contributed by atoms with Crippen molar-refractivity contribution < 1.29 is 9.47 Å². The molecule has 2 rings (SSSR count). The number of morpholine rings is 1. The summed E-state index contributed by atoms with van der Waals surface area (Å²) >= 11 is 3.39. The van der Waals surface area contributed by atoms with E-state index in [9.17, 15) is 0 Å². The summed E-state index contributed by atoms with van der Waals surface area (Å²) in [6, 6.07) is 1.99. The van der Waals surface area contributed by atoms with E-state index in [4.69, 9.17) is 9.47 Å². The first-order chi connectivity index (χ1) is 8.46. The molecule has 100 valence electrons. The number of hydrogen-bond acceptors (Lipinski definition) is 4. The van der Waals surface area contributed by atoms with Gasteiger partial charge in [0.25, 0.3) is 0 Å². The molecule has 4 nitrogen and oxygen atoms in total. The third kappa shape index (κ3) is 3.67. The number of pyridine rings is 1. The van der Waals surface area contributed by atoms with Gasteiger partial charge in [-0.3, -0.25) is 0 Å². The predicted octanol–water partition coefficient (Wildman–Crippen LogP) is 2.30. The van der Waals surface area contributed by atoms with Gasteiger partial charge >= 0.3 is 0 Å². The lowest BCUT2D eigenvalue weighted by Gasteiger charge is -2.36. The largest absolute Gasteiger partial charge is 0.475 e. The fraction of sp³-hybridized carbons (Fsp3) is 0.615. The van der Waals surface area contributed by atoms with Crippen LogP contribution in [0.25, 0.3) is 0 Å².